The van der Waals surface area contributed by atoms with E-state index in [9.17, 15) is 5.26 Å². The van der Waals surface area contributed by atoms with Gasteiger partial charge in [-0.25, -0.2) is 0 Å². The van der Waals surface area contributed by atoms with E-state index >= 15 is 0 Å². The summed E-state index contributed by atoms with van der Waals surface area (Å²) >= 11 is 0. The van der Waals surface area contributed by atoms with E-state index in [4.69, 9.17) is 4.74 Å². The summed E-state index contributed by atoms with van der Waals surface area (Å²) in [6.07, 6.45) is 6.59. The first-order valence-electron chi connectivity index (χ1n) is 6.78. The van der Waals surface area contributed by atoms with Gasteiger partial charge in [-0.3, -0.25) is 0 Å². The van der Waals surface area contributed by atoms with E-state index in [0.29, 0.717) is 0 Å². The molecule has 3 fully saturated rings. The van der Waals surface area contributed by atoms with Crippen LogP contribution in [0.2, 0.25) is 0 Å². The summed E-state index contributed by atoms with van der Waals surface area (Å²) in [6.45, 7) is 0. The predicted octanol–water partition coefficient (Wildman–Crippen LogP) is 3.81. The van der Waals surface area contributed by atoms with Crippen molar-refractivity contribution in [3.05, 3.63) is 29.8 Å². The zero-order chi connectivity index (χ0) is 12.6. The summed E-state index contributed by atoms with van der Waals surface area (Å²) in [7, 11) is 1.75. The molecule has 0 N–H and O–H groups in total. The van der Waals surface area contributed by atoms with Gasteiger partial charge in [0.05, 0.1) is 18.6 Å². The molecular formula is C16H19NO. The molecule has 0 radical (unpaired) electrons. The Balaban J connectivity index is 1.97. The van der Waals surface area contributed by atoms with E-state index in [0.717, 1.165) is 44.3 Å². The van der Waals surface area contributed by atoms with Crippen molar-refractivity contribution < 1.29 is 4.74 Å². The van der Waals surface area contributed by atoms with Crippen molar-refractivity contribution in [2.24, 2.45) is 5.41 Å². The van der Waals surface area contributed by atoms with Crippen LogP contribution in [0.25, 0.3) is 0 Å². The Morgan fingerprint density at radius 1 is 1.06 bits per heavy atom. The van der Waals surface area contributed by atoms with Gasteiger partial charge < -0.3 is 4.74 Å². The highest BCUT2D eigenvalue weighted by molar-refractivity contribution is 5.41. The zero-order valence-corrected chi connectivity index (χ0v) is 10.9. The fourth-order valence-electron chi connectivity index (χ4n) is 3.84. The molecule has 0 saturated heterocycles. The molecule has 4 rings (SSSR count). The van der Waals surface area contributed by atoms with Crippen molar-refractivity contribution in [3.8, 4) is 11.8 Å². The van der Waals surface area contributed by atoms with Crippen molar-refractivity contribution in [3.63, 3.8) is 0 Å². The Morgan fingerprint density at radius 3 is 2.22 bits per heavy atom. The van der Waals surface area contributed by atoms with Crippen LogP contribution >= 0.6 is 0 Å². The lowest BCUT2D eigenvalue weighted by atomic mass is 9.52. The summed E-state index contributed by atoms with van der Waals surface area (Å²) in [5.74, 6) is 1.02. The van der Waals surface area contributed by atoms with Gasteiger partial charge in [-0.2, -0.15) is 5.26 Å². The average molecular weight is 241 g/mol. The van der Waals surface area contributed by atoms with Crippen molar-refractivity contribution in [1.29, 1.82) is 5.26 Å². The standard InChI is InChI=1S/C16H19NO/c1-18-14-5-3-2-4-13(14)16-9-6-15(12-17,7-10-16)8-11-16/h2-5H,6-11H2,1H3. The van der Waals surface area contributed by atoms with Gasteiger partial charge in [-0.05, 0) is 50.0 Å². The van der Waals surface area contributed by atoms with Gasteiger partial charge in [0.25, 0.3) is 0 Å². The van der Waals surface area contributed by atoms with Crippen LogP contribution in [-0.2, 0) is 5.41 Å². The van der Waals surface area contributed by atoms with E-state index in [1.807, 2.05) is 6.07 Å². The molecule has 1 aromatic rings. The maximum atomic E-state index is 9.35. The van der Waals surface area contributed by atoms with Crippen LogP contribution in [0.3, 0.4) is 0 Å². The summed E-state index contributed by atoms with van der Waals surface area (Å²) in [6, 6.07) is 11.0. The molecular weight excluding hydrogens is 222 g/mol. The van der Waals surface area contributed by atoms with Crippen LogP contribution in [0.4, 0.5) is 0 Å². The number of rotatable bonds is 2. The smallest absolute Gasteiger partial charge is 0.122 e. The van der Waals surface area contributed by atoms with Crippen LogP contribution < -0.4 is 4.74 Å². The Hall–Kier alpha value is -1.49. The molecule has 94 valence electrons. The summed E-state index contributed by atoms with van der Waals surface area (Å²) in [5, 5.41) is 9.35. The molecule has 0 amide bonds. The number of fused-ring (bicyclic) bond motifs is 3. The molecule has 3 saturated carbocycles. The quantitative estimate of drug-likeness (QED) is 0.788. The second-order valence-electron chi connectivity index (χ2n) is 5.87. The summed E-state index contributed by atoms with van der Waals surface area (Å²) < 4.78 is 5.53. The first kappa shape index (κ1) is 11.6. The molecule has 0 unspecified atom stereocenters. The molecule has 2 nitrogen and oxygen atoms in total. The Bertz CT molecular complexity index is 476. The summed E-state index contributed by atoms with van der Waals surface area (Å²) in [4.78, 5) is 0. The number of hydrogen-bond donors (Lipinski definition) is 0. The number of benzene rings is 1. The van der Waals surface area contributed by atoms with Crippen LogP contribution in [0.1, 0.15) is 44.1 Å². The van der Waals surface area contributed by atoms with Gasteiger partial charge >= 0.3 is 0 Å². The number of methoxy groups -OCH3 is 1. The molecule has 0 atom stereocenters. The minimum absolute atomic E-state index is 0.0102. The third kappa shape index (κ3) is 1.54. The van der Waals surface area contributed by atoms with E-state index in [1.54, 1.807) is 7.11 Å². The highest BCUT2D eigenvalue weighted by atomic mass is 16.5. The highest BCUT2D eigenvalue weighted by Gasteiger charge is 2.50. The van der Waals surface area contributed by atoms with Crippen molar-refractivity contribution in [2.45, 2.75) is 43.9 Å². The molecule has 1 aromatic carbocycles. The topological polar surface area (TPSA) is 33.0 Å². The predicted molar refractivity (Wildman–Crippen MR) is 70.4 cm³/mol. The molecule has 0 spiro atoms. The lowest BCUT2D eigenvalue weighted by molar-refractivity contribution is 0.0831. The molecule has 3 aliphatic rings. The van der Waals surface area contributed by atoms with Crippen LogP contribution in [0.15, 0.2) is 24.3 Å². The van der Waals surface area contributed by atoms with Crippen molar-refractivity contribution >= 4 is 0 Å². The number of ether oxygens (including phenoxy) is 1. The van der Waals surface area contributed by atoms with Crippen molar-refractivity contribution in [1.82, 2.24) is 0 Å². The number of hydrogen-bond acceptors (Lipinski definition) is 2. The minimum Gasteiger partial charge on any atom is -0.496 e. The molecule has 2 heteroatoms. The van der Waals surface area contributed by atoms with E-state index in [1.165, 1.54) is 5.56 Å². The monoisotopic (exact) mass is 241 g/mol. The van der Waals surface area contributed by atoms with E-state index < -0.39 is 0 Å². The number of nitriles is 1. The lowest BCUT2D eigenvalue weighted by Gasteiger charge is -2.51. The first-order valence-corrected chi connectivity index (χ1v) is 6.78. The Kier molecular flexibility index (Phi) is 2.59. The van der Waals surface area contributed by atoms with E-state index in [-0.39, 0.29) is 10.8 Å². The Labute approximate surface area is 109 Å². The maximum absolute atomic E-state index is 9.35. The van der Waals surface area contributed by atoms with E-state index in [2.05, 4.69) is 24.3 Å². The molecule has 0 aliphatic heterocycles. The van der Waals surface area contributed by atoms with Crippen LogP contribution in [0.5, 0.6) is 5.75 Å². The zero-order valence-electron chi connectivity index (χ0n) is 10.9. The first-order chi connectivity index (χ1) is 8.74. The molecule has 2 bridgehead atoms. The molecule has 0 heterocycles. The maximum Gasteiger partial charge on any atom is 0.122 e. The average Bonchev–Trinajstić information content (AvgIpc) is 2.49. The molecule has 18 heavy (non-hydrogen) atoms. The number of para-hydroxylation sites is 1. The summed E-state index contributed by atoms with van der Waals surface area (Å²) in [5.41, 5.74) is 1.62. The minimum atomic E-state index is -0.0102. The van der Waals surface area contributed by atoms with Gasteiger partial charge in [0.2, 0.25) is 0 Å². The fraction of sp³-hybridized carbons (Fsp3) is 0.562. The molecule has 3 aliphatic carbocycles. The van der Waals surface area contributed by atoms with Gasteiger partial charge in [-0.15, -0.1) is 0 Å². The second-order valence-corrected chi connectivity index (χ2v) is 5.87. The normalized spacial score (nSPS) is 34.0. The SMILES string of the molecule is COc1ccccc1C12CCC(C#N)(CC1)CC2. The van der Waals surface area contributed by atoms with Gasteiger partial charge in [0, 0.05) is 5.56 Å². The second kappa shape index (κ2) is 4.02. The van der Waals surface area contributed by atoms with Gasteiger partial charge in [0.15, 0.2) is 0 Å². The van der Waals surface area contributed by atoms with Gasteiger partial charge in [0.1, 0.15) is 5.75 Å². The van der Waals surface area contributed by atoms with Crippen LogP contribution in [0, 0.1) is 16.7 Å². The molecule has 0 aromatic heterocycles. The van der Waals surface area contributed by atoms with Crippen LogP contribution in [-0.4, -0.2) is 7.11 Å². The third-order valence-electron chi connectivity index (χ3n) is 5.16. The lowest BCUT2D eigenvalue weighted by Crippen LogP contribution is -2.43. The largest absolute Gasteiger partial charge is 0.496 e. The van der Waals surface area contributed by atoms with Crippen molar-refractivity contribution in [2.75, 3.05) is 7.11 Å². The van der Waals surface area contributed by atoms with Gasteiger partial charge in [-0.1, -0.05) is 18.2 Å². The third-order valence-corrected chi connectivity index (χ3v) is 5.16. The fourth-order valence-corrected chi connectivity index (χ4v) is 3.84. The highest BCUT2D eigenvalue weighted by Crippen LogP contribution is 2.58. The Morgan fingerprint density at radius 2 is 1.67 bits per heavy atom. The number of nitrogens with zero attached hydrogens (tertiary/aromatic N) is 1.